The molecule has 2 aromatic carbocycles. The number of hydrogen-bond donors (Lipinski definition) is 0. The molecule has 0 bridgehead atoms. The van der Waals surface area contributed by atoms with Gasteiger partial charge < -0.3 is 9.47 Å². The van der Waals surface area contributed by atoms with Crippen molar-refractivity contribution in [3.8, 4) is 23.6 Å². The quantitative estimate of drug-likeness (QED) is 0.730. The van der Waals surface area contributed by atoms with Gasteiger partial charge in [0.15, 0.2) is 11.5 Å². The maximum absolute atomic E-state index is 8.93. The molecule has 0 unspecified atom stereocenters. The summed E-state index contributed by atoms with van der Waals surface area (Å²) in [7, 11) is 1.55. The van der Waals surface area contributed by atoms with E-state index in [1.54, 1.807) is 25.3 Å². The summed E-state index contributed by atoms with van der Waals surface area (Å²) in [4.78, 5) is 0. The van der Waals surface area contributed by atoms with Crippen LogP contribution in [0.5, 0.6) is 11.5 Å². The maximum atomic E-state index is 8.93. The van der Waals surface area contributed by atoms with E-state index in [-0.39, 0.29) is 5.57 Å². The summed E-state index contributed by atoms with van der Waals surface area (Å²) in [6.45, 7) is 0.342. The van der Waals surface area contributed by atoms with Crippen LogP contribution in [0.3, 0.4) is 0 Å². The Hall–Kier alpha value is -2.76. The number of allylic oxidation sites excluding steroid dienone is 1. The predicted octanol–water partition coefficient (Wildman–Crippen LogP) is 4.47. The minimum Gasteiger partial charge on any atom is -0.493 e. The van der Waals surface area contributed by atoms with E-state index in [1.165, 1.54) is 6.08 Å². The molecule has 0 aliphatic carbocycles. The monoisotopic (exact) mass is 368 g/mol. The number of benzene rings is 2. The Morgan fingerprint density at radius 1 is 1.17 bits per heavy atom. The van der Waals surface area contributed by atoms with Gasteiger partial charge in [-0.15, -0.1) is 0 Å². The van der Waals surface area contributed by atoms with Crippen LogP contribution in [0.25, 0.3) is 6.08 Å². The van der Waals surface area contributed by atoms with Crippen molar-refractivity contribution in [1.82, 2.24) is 0 Å². The van der Waals surface area contributed by atoms with Crippen molar-refractivity contribution in [1.29, 1.82) is 10.5 Å². The van der Waals surface area contributed by atoms with Gasteiger partial charge in [0.1, 0.15) is 24.3 Å². The lowest BCUT2D eigenvalue weighted by Gasteiger charge is -2.13. The number of para-hydroxylation sites is 1. The second-order valence-corrected chi connectivity index (χ2v) is 5.49. The van der Waals surface area contributed by atoms with Gasteiger partial charge in [-0.1, -0.05) is 40.2 Å². The third-order valence-corrected chi connectivity index (χ3v) is 3.54. The first-order valence-electron chi connectivity index (χ1n) is 6.74. The molecule has 0 saturated carbocycles. The summed E-state index contributed by atoms with van der Waals surface area (Å²) in [5.41, 5.74) is 1.61. The zero-order valence-electron chi connectivity index (χ0n) is 12.4. The SMILES string of the molecule is COc1cccc(C=C(C#N)C#N)c1OCc1cccc(Br)c1. The van der Waals surface area contributed by atoms with Gasteiger partial charge in [0, 0.05) is 10.0 Å². The van der Waals surface area contributed by atoms with Gasteiger partial charge >= 0.3 is 0 Å². The number of halogens is 1. The Bertz CT molecular complexity index is 801. The third kappa shape index (κ3) is 4.35. The lowest BCUT2D eigenvalue weighted by atomic mass is 10.1. The van der Waals surface area contributed by atoms with E-state index in [9.17, 15) is 0 Å². The molecule has 0 amide bonds. The van der Waals surface area contributed by atoms with Crippen molar-refractivity contribution in [3.63, 3.8) is 0 Å². The second-order valence-electron chi connectivity index (χ2n) is 4.58. The Labute approximate surface area is 143 Å². The van der Waals surface area contributed by atoms with Crippen molar-refractivity contribution in [3.05, 3.63) is 63.6 Å². The zero-order chi connectivity index (χ0) is 16.7. The first kappa shape index (κ1) is 16.6. The van der Waals surface area contributed by atoms with E-state index < -0.39 is 0 Å². The Kier molecular flexibility index (Phi) is 5.80. The van der Waals surface area contributed by atoms with Gasteiger partial charge in [0.25, 0.3) is 0 Å². The maximum Gasteiger partial charge on any atom is 0.168 e. The number of rotatable bonds is 5. The zero-order valence-corrected chi connectivity index (χ0v) is 14.0. The average Bonchev–Trinajstić information content (AvgIpc) is 2.58. The molecule has 0 N–H and O–H groups in total. The molecule has 0 atom stereocenters. The van der Waals surface area contributed by atoms with Crippen LogP contribution in [0.15, 0.2) is 52.5 Å². The fourth-order valence-electron chi connectivity index (χ4n) is 1.99. The van der Waals surface area contributed by atoms with Gasteiger partial charge in [0.2, 0.25) is 0 Å². The van der Waals surface area contributed by atoms with Gasteiger partial charge in [-0.2, -0.15) is 10.5 Å². The topological polar surface area (TPSA) is 66.0 Å². The number of methoxy groups -OCH3 is 1. The molecule has 4 nitrogen and oxygen atoms in total. The molecule has 0 aromatic heterocycles. The van der Waals surface area contributed by atoms with Crippen LogP contribution in [-0.4, -0.2) is 7.11 Å². The summed E-state index contributed by atoms with van der Waals surface area (Å²) < 4.78 is 12.2. The highest BCUT2D eigenvalue weighted by Gasteiger charge is 2.10. The van der Waals surface area contributed by atoms with Gasteiger partial charge in [-0.05, 0) is 29.8 Å². The second kappa shape index (κ2) is 8.03. The van der Waals surface area contributed by atoms with Crippen molar-refractivity contribution < 1.29 is 9.47 Å². The Balaban J connectivity index is 2.34. The number of ether oxygens (including phenoxy) is 2. The summed E-state index contributed by atoms with van der Waals surface area (Å²) in [5.74, 6) is 1.04. The normalized spacial score (nSPS) is 9.39. The minimum absolute atomic E-state index is 0.00515. The highest BCUT2D eigenvalue weighted by Crippen LogP contribution is 2.33. The van der Waals surface area contributed by atoms with Crippen LogP contribution >= 0.6 is 15.9 Å². The van der Waals surface area contributed by atoms with Crippen molar-refractivity contribution in [2.45, 2.75) is 6.61 Å². The molecule has 114 valence electrons. The molecule has 5 heteroatoms. The number of nitriles is 2. The van der Waals surface area contributed by atoms with Crippen LogP contribution in [0.2, 0.25) is 0 Å². The fourth-order valence-corrected chi connectivity index (χ4v) is 2.44. The van der Waals surface area contributed by atoms with E-state index in [1.807, 2.05) is 36.4 Å². The highest BCUT2D eigenvalue weighted by atomic mass is 79.9. The predicted molar refractivity (Wildman–Crippen MR) is 90.7 cm³/mol. The fraction of sp³-hybridized carbons (Fsp3) is 0.111. The van der Waals surface area contributed by atoms with Crippen LogP contribution in [0.1, 0.15) is 11.1 Å². The first-order chi connectivity index (χ1) is 11.2. The minimum atomic E-state index is 0.00515. The van der Waals surface area contributed by atoms with Crippen LogP contribution < -0.4 is 9.47 Å². The first-order valence-corrected chi connectivity index (χ1v) is 7.53. The van der Waals surface area contributed by atoms with Crippen molar-refractivity contribution in [2.75, 3.05) is 7.11 Å². The molecule has 2 rings (SSSR count). The standard InChI is InChI=1S/C18H13BrN2O2/c1-22-17-7-3-5-15(8-14(10-20)11-21)18(17)23-12-13-4-2-6-16(19)9-13/h2-9H,12H2,1H3. The molecule has 23 heavy (non-hydrogen) atoms. The van der Waals surface area contributed by atoms with Crippen molar-refractivity contribution in [2.24, 2.45) is 0 Å². The van der Waals surface area contributed by atoms with E-state index >= 15 is 0 Å². The van der Waals surface area contributed by atoms with E-state index in [0.717, 1.165) is 10.0 Å². The van der Waals surface area contributed by atoms with Gasteiger partial charge in [-0.25, -0.2) is 0 Å². The molecule has 0 saturated heterocycles. The average molecular weight is 369 g/mol. The van der Waals surface area contributed by atoms with E-state index in [2.05, 4.69) is 15.9 Å². The molecule has 0 aliphatic heterocycles. The number of nitrogens with zero attached hydrogens (tertiary/aromatic N) is 2. The number of hydrogen-bond acceptors (Lipinski definition) is 4. The Morgan fingerprint density at radius 3 is 2.57 bits per heavy atom. The molecule has 0 spiro atoms. The smallest absolute Gasteiger partial charge is 0.168 e. The molecular formula is C18H13BrN2O2. The van der Waals surface area contributed by atoms with Crippen LogP contribution in [0.4, 0.5) is 0 Å². The molecular weight excluding hydrogens is 356 g/mol. The summed E-state index contributed by atoms with van der Waals surface area (Å²) in [6.07, 6.45) is 1.48. The van der Waals surface area contributed by atoms with Gasteiger partial charge in [-0.3, -0.25) is 0 Å². The van der Waals surface area contributed by atoms with E-state index in [0.29, 0.717) is 23.7 Å². The lowest BCUT2D eigenvalue weighted by Crippen LogP contribution is -1.99. The highest BCUT2D eigenvalue weighted by molar-refractivity contribution is 9.10. The largest absolute Gasteiger partial charge is 0.493 e. The van der Waals surface area contributed by atoms with Crippen LogP contribution in [-0.2, 0) is 6.61 Å². The molecule has 0 fully saturated rings. The summed E-state index contributed by atoms with van der Waals surface area (Å²) in [5, 5.41) is 17.9. The lowest BCUT2D eigenvalue weighted by molar-refractivity contribution is 0.284. The van der Waals surface area contributed by atoms with Crippen molar-refractivity contribution >= 4 is 22.0 Å². The molecule has 2 aromatic rings. The van der Waals surface area contributed by atoms with Crippen LogP contribution in [0, 0.1) is 22.7 Å². The third-order valence-electron chi connectivity index (χ3n) is 3.04. The molecule has 0 aliphatic rings. The Morgan fingerprint density at radius 2 is 1.91 bits per heavy atom. The molecule has 0 radical (unpaired) electrons. The van der Waals surface area contributed by atoms with Gasteiger partial charge in [0.05, 0.1) is 7.11 Å². The summed E-state index contributed by atoms with van der Waals surface area (Å²) >= 11 is 3.42. The van der Waals surface area contributed by atoms with E-state index in [4.69, 9.17) is 20.0 Å². The molecule has 0 heterocycles. The summed E-state index contributed by atoms with van der Waals surface area (Å²) in [6, 6.07) is 16.8.